The van der Waals surface area contributed by atoms with Crippen LogP contribution >= 0.6 is 15.9 Å². The van der Waals surface area contributed by atoms with Gasteiger partial charge in [-0.3, -0.25) is 0 Å². The number of carbonyl (C=O) groups is 1. The van der Waals surface area contributed by atoms with E-state index in [1.165, 1.54) is 6.08 Å². The molecule has 0 saturated heterocycles. The number of rotatable bonds is 1. The zero-order valence-electron chi connectivity index (χ0n) is 4.50. The van der Waals surface area contributed by atoms with Crippen molar-refractivity contribution in [2.45, 2.75) is 4.51 Å². The van der Waals surface area contributed by atoms with E-state index in [4.69, 9.17) is 9.84 Å². The van der Waals surface area contributed by atoms with Crippen LogP contribution in [-0.2, 0) is 9.53 Å². The molecule has 0 saturated carbocycles. The van der Waals surface area contributed by atoms with Crippen LogP contribution in [0.25, 0.3) is 0 Å². The maximum Gasteiger partial charge on any atom is 0.351 e. The number of ether oxygens (including phenoxy) is 1. The molecule has 0 aromatic carbocycles. The van der Waals surface area contributed by atoms with Gasteiger partial charge in [-0.15, -0.1) is 0 Å². The number of carboxylic acids is 1. The lowest BCUT2D eigenvalue weighted by Gasteiger charge is -2.11. The van der Waals surface area contributed by atoms with Crippen LogP contribution in [0.1, 0.15) is 0 Å². The number of carboxylic acid groups (broad SMARTS) is 1. The number of aliphatic carboxylic acids is 1. The van der Waals surface area contributed by atoms with Crippen molar-refractivity contribution in [1.82, 2.24) is 0 Å². The van der Waals surface area contributed by atoms with Gasteiger partial charge in [-0.05, 0) is 22.0 Å². The first-order chi connectivity index (χ1) is 4.15. The van der Waals surface area contributed by atoms with Gasteiger partial charge in [0.15, 0.2) is 0 Å². The van der Waals surface area contributed by atoms with E-state index >= 15 is 0 Å². The predicted octanol–water partition coefficient (Wildman–Crippen LogP) is 0.749. The lowest BCUT2D eigenvalue weighted by atomic mass is 10.3. The van der Waals surface area contributed by atoms with Gasteiger partial charge in [-0.1, -0.05) is 6.08 Å². The molecule has 1 unspecified atom stereocenters. The summed E-state index contributed by atoms with van der Waals surface area (Å²) in [7, 11) is 0. The van der Waals surface area contributed by atoms with E-state index in [1.54, 1.807) is 6.08 Å². The molecule has 1 rings (SSSR count). The Labute approximate surface area is 60.4 Å². The maximum atomic E-state index is 10.3. The molecule has 4 heteroatoms. The smallest absolute Gasteiger partial charge is 0.351 e. The number of hydrogen-bond acceptors (Lipinski definition) is 2. The number of alkyl halides is 1. The van der Waals surface area contributed by atoms with Crippen LogP contribution < -0.4 is 0 Å². The Morgan fingerprint density at radius 3 is 2.78 bits per heavy atom. The lowest BCUT2D eigenvalue weighted by molar-refractivity contribution is -0.147. The largest absolute Gasteiger partial charge is 0.478 e. The van der Waals surface area contributed by atoms with E-state index in [2.05, 4.69) is 15.9 Å². The van der Waals surface area contributed by atoms with Crippen molar-refractivity contribution in [3.8, 4) is 0 Å². The minimum Gasteiger partial charge on any atom is -0.478 e. The van der Waals surface area contributed by atoms with Crippen LogP contribution in [0, 0.1) is 0 Å². The topological polar surface area (TPSA) is 46.5 Å². The van der Waals surface area contributed by atoms with Gasteiger partial charge in [0.2, 0.25) is 4.51 Å². The Bertz CT molecular complexity index is 166. The molecule has 1 N–H and O–H groups in total. The van der Waals surface area contributed by atoms with Gasteiger partial charge in [-0.2, -0.15) is 0 Å². The lowest BCUT2D eigenvalue weighted by Crippen LogP contribution is -2.29. The summed E-state index contributed by atoms with van der Waals surface area (Å²) in [5, 5.41) is 8.45. The third kappa shape index (κ3) is 1.14. The fourth-order valence-corrected chi connectivity index (χ4v) is 0.869. The van der Waals surface area contributed by atoms with Crippen LogP contribution in [0.3, 0.4) is 0 Å². The Kier molecular flexibility index (Phi) is 1.59. The van der Waals surface area contributed by atoms with E-state index in [0.29, 0.717) is 6.61 Å². The van der Waals surface area contributed by atoms with Gasteiger partial charge in [0.25, 0.3) is 0 Å². The second-order valence-corrected chi connectivity index (χ2v) is 2.84. The van der Waals surface area contributed by atoms with E-state index in [0.717, 1.165) is 0 Å². The molecule has 0 aromatic heterocycles. The quantitative estimate of drug-likeness (QED) is 0.493. The fraction of sp³-hybridized carbons (Fsp3) is 0.400. The van der Waals surface area contributed by atoms with Gasteiger partial charge in [-0.25, -0.2) is 4.79 Å². The Morgan fingerprint density at radius 1 is 1.89 bits per heavy atom. The normalized spacial score (nSPS) is 33.0. The van der Waals surface area contributed by atoms with Gasteiger partial charge in [0.1, 0.15) is 0 Å². The van der Waals surface area contributed by atoms with Crippen LogP contribution in [0.15, 0.2) is 12.2 Å². The molecule has 0 radical (unpaired) electrons. The maximum absolute atomic E-state index is 10.3. The third-order valence-electron chi connectivity index (χ3n) is 1.01. The second-order valence-electron chi connectivity index (χ2n) is 1.66. The molecule has 0 spiro atoms. The van der Waals surface area contributed by atoms with Gasteiger partial charge in [0, 0.05) is 0 Å². The molecular weight excluding hydrogens is 188 g/mol. The summed E-state index contributed by atoms with van der Waals surface area (Å²) >= 11 is 2.90. The molecule has 1 atom stereocenters. The average molecular weight is 193 g/mol. The fourth-order valence-electron chi connectivity index (χ4n) is 0.550. The standard InChI is InChI=1S/C5H5BrO3/c6-5(4(7)8)2-1-3-9-5/h1-2H,3H2,(H,7,8). The highest BCUT2D eigenvalue weighted by molar-refractivity contribution is 9.10. The summed E-state index contributed by atoms with van der Waals surface area (Å²) in [6, 6.07) is 0. The SMILES string of the molecule is O=C(O)C1(Br)C=CCO1. The van der Waals surface area contributed by atoms with Crippen molar-refractivity contribution in [2.24, 2.45) is 0 Å². The minimum atomic E-state index is -1.26. The van der Waals surface area contributed by atoms with E-state index < -0.39 is 10.5 Å². The van der Waals surface area contributed by atoms with Gasteiger partial charge >= 0.3 is 5.97 Å². The van der Waals surface area contributed by atoms with Crippen LogP contribution in [0.2, 0.25) is 0 Å². The monoisotopic (exact) mass is 192 g/mol. The Hall–Kier alpha value is -0.350. The van der Waals surface area contributed by atoms with E-state index in [1.807, 2.05) is 0 Å². The summed E-state index contributed by atoms with van der Waals surface area (Å²) in [6.45, 7) is 0.359. The highest BCUT2D eigenvalue weighted by atomic mass is 79.9. The molecule has 50 valence electrons. The zero-order chi connectivity index (χ0) is 6.91. The molecule has 1 aliphatic heterocycles. The molecule has 0 bridgehead atoms. The summed E-state index contributed by atoms with van der Waals surface area (Å²) in [6.07, 6.45) is 3.12. The average Bonchev–Trinajstić information content (AvgIpc) is 2.16. The van der Waals surface area contributed by atoms with Crippen molar-refractivity contribution >= 4 is 21.9 Å². The highest BCUT2D eigenvalue weighted by Crippen LogP contribution is 2.25. The molecule has 3 nitrogen and oxygen atoms in total. The predicted molar refractivity (Wildman–Crippen MR) is 34.4 cm³/mol. The molecule has 1 aliphatic rings. The second kappa shape index (κ2) is 2.11. The molecule has 0 fully saturated rings. The Balaban J connectivity index is 2.74. The number of hydrogen-bond donors (Lipinski definition) is 1. The minimum absolute atomic E-state index is 0.359. The van der Waals surface area contributed by atoms with Crippen LogP contribution in [0.4, 0.5) is 0 Å². The van der Waals surface area contributed by atoms with Crippen molar-refractivity contribution in [1.29, 1.82) is 0 Å². The molecule has 0 amide bonds. The highest BCUT2D eigenvalue weighted by Gasteiger charge is 2.35. The van der Waals surface area contributed by atoms with Gasteiger partial charge < -0.3 is 9.84 Å². The Morgan fingerprint density at radius 2 is 2.56 bits per heavy atom. The molecular formula is C5H5BrO3. The van der Waals surface area contributed by atoms with Crippen LogP contribution in [-0.4, -0.2) is 22.2 Å². The van der Waals surface area contributed by atoms with Crippen molar-refractivity contribution in [3.05, 3.63) is 12.2 Å². The third-order valence-corrected chi connectivity index (χ3v) is 1.85. The number of halogens is 1. The molecule has 1 heterocycles. The molecule has 0 aliphatic carbocycles. The summed E-state index contributed by atoms with van der Waals surface area (Å²) < 4.78 is 3.55. The van der Waals surface area contributed by atoms with E-state index in [-0.39, 0.29) is 0 Å². The van der Waals surface area contributed by atoms with Crippen LogP contribution in [0.5, 0.6) is 0 Å². The summed E-state index contributed by atoms with van der Waals surface area (Å²) in [5.41, 5.74) is 0. The molecule has 0 aromatic rings. The first-order valence-electron chi connectivity index (χ1n) is 2.39. The van der Waals surface area contributed by atoms with E-state index in [9.17, 15) is 4.79 Å². The summed E-state index contributed by atoms with van der Waals surface area (Å²) in [5.74, 6) is -1.02. The summed E-state index contributed by atoms with van der Waals surface area (Å²) in [4.78, 5) is 10.3. The first-order valence-corrected chi connectivity index (χ1v) is 3.18. The van der Waals surface area contributed by atoms with Gasteiger partial charge in [0.05, 0.1) is 6.61 Å². The zero-order valence-corrected chi connectivity index (χ0v) is 6.09. The van der Waals surface area contributed by atoms with Crippen molar-refractivity contribution in [2.75, 3.05) is 6.61 Å². The first kappa shape index (κ1) is 6.77. The molecule has 9 heavy (non-hydrogen) atoms. The van der Waals surface area contributed by atoms with Crippen molar-refractivity contribution in [3.63, 3.8) is 0 Å². The van der Waals surface area contributed by atoms with Crippen molar-refractivity contribution < 1.29 is 14.6 Å².